The molecule has 0 spiro atoms. The first-order valence-electron chi connectivity index (χ1n) is 10.6. The molecule has 0 saturated carbocycles. The lowest BCUT2D eigenvalue weighted by atomic mass is 10.0. The lowest BCUT2D eigenvalue weighted by molar-refractivity contribution is -0.142. The molecule has 1 atom stereocenters. The molecule has 0 heterocycles. The average molecular weight is 467 g/mol. The van der Waals surface area contributed by atoms with E-state index in [1.165, 1.54) is 12.0 Å². The van der Waals surface area contributed by atoms with Crippen molar-refractivity contribution in [1.29, 1.82) is 0 Å². The van der Waals surface area contributed by atoms with Gasteiger partial charge in [-0.2, -0.15) is 0 Å². The first-order chi connectivity index (χ1) is 16.0. The molecule has 7 heteroatoms. The van der Waals surface area contributed by atoms with Gasteiger partial charge in [-0.3, -0.25) is 9.59 Å². The van der Waals surface area contributed by atoms with Crippen LogP contribution in [0.25, 0.3) is 0 Å². The van der Waals surface area contributed by atoms with Crippen LogP contribution in [0.3, 0.4) is 0 Å². The largest absolute Gasteiger partial charge is 0.493 e. The van der Waals surface area contributed by atoms with Crippen LogP contribution >= 0.6 is 11.6 Å². The molecule has 0 radical (unpaired) electrons. The van der Waals surface area contributed by atoms with Crippen molar-refractivity contribution >= 4 is 23.4 Å². The Hall–Kier alpha value is -3.51. The van der Waals surface area contributed by atoms with Gasteiger partial charge in [0.25, 0.3) is 5.91 Å². The van der Waals surface area contributed by atoms with E-state index in [1.807, 2.05) is 48.5 Å². The number of ether oxygens (including phenoxy) is 2. The van der Waals surface area contributed by atoms with Crippen molar-refractivity contribution in [2.24, 2.45) is 0 Å². The summed E-state index contributed by atoms with van der Waals surface area (Å²) in [4.78, 5) is 27.8. The van der Waals surface area contributed by atoms with Gasteiger partial charge < -0.3 is 19.7 Å². The fraction of sp³-hybridized carbons (Fsp3) is 0.231. The summed E-state index contributed by atoms with van der Waals surface area (Å²) in [6.45, 7) is -0.0389. The normalized spacial score (nSPS) is 11.4. The molecule has 3 aromatic carbocycles. The molecular weight excluding hydrogens is 440 g/mol. The summed E-state index contributed by atoms with van der Waals surface area (Å²) in [6, 6.07) is 23.2. The number of halogens is 1. The lowest BCUT2D eigenvalue weighted by Crippen LogP contribution is -2.51. The third kappa shape index (κ3) is 6.73. The van der Waals surface area contributed by atoms with Gasteiger partial charge in [0.15, 0.2) is 18.1 Å². The smallest absolute Gasteiger partial charge is 0.261 e. The Morgan fingerprint density at radius 2 is 1.61 bits per heavy atom. The van der Waals surface area contributed by atoms with Crippen LogP contribution < -0.4 is 14.8 Å². The van der Waals surface area contributed by atoms with Crippen LogP contribution in [-0.2, 0) is 22.6 Å². The third-order valence-corrected chi connectivity index (χ3v) is 5.41. The standard InChI is InChI=1S/C26H27ClN2O4/c1-28-26(31)22(16-19-9-4-3-5-10-19)29(17-20-11-8-12-21(27)15-20)25(30)18-33-24-14-7-6-13-23(24)32-2/h3-15,22H,16-18H2,1-2H3,(H,28,31). The number of rotatable bonds is 10. The van der Waals surface area contributed by atoms with Gasteiger partial charge >= 0.3 is 0 Å². The molecule has 172 valence electrons. The highest BCUT2D eigenvalue weighted by atomic mass is 35.5. The zero-order valence-electron chi connectivity index (χ0n) is 18.7. The van der Waals surface area contributed by atoms with Gasteiger partial charge in [0.2, 0.25) is 5.91 Å². The summed E-state index contributed by atoms with van der Waals surface area (Å²) in [5, 5.41) is 3.25. The topological polar surface area (TPSA) is 67.9 Å². The Morgan fingerprint density at radius 3 is 2.27 bits per heavy atom. The molecule has 33 heavy (non-hydrogen) atoms. The predicted molar refractivity (Wildman–Crippen MR) is 128 cm³/mol. The predicted octanol–water partition coefficient (Wildman–Crippen LogP) is 4.11. The highest BCUT2D eigenvalue weighted by molar-refractivity contribution is 6.30. The van der Waals surface area contributed by atoms with Crippen LogP contribution in [0.1, 0.15) is 11.1 Å². The molecule has 3 aromatic rings. The fourth-order valence-electron chi connectivity index (χ4n) is 3.51. The molecule has 0 aliphatic heterocycles. The first-order valence-corrected chi connectivity index (χ1v) is 10.9. The minimum Gasteiger partial charge on any atom is -0.493 e. The van der Waals surface area contributed by atoms with Gasteiger partial charge in [0.1, 0.15) is 6.04 Å². The van der Waals surface area contributed by atoms with Gasteiger partial charge in [-0.15, -0.1) is 0 Å². The van der Waals surface area contributed by atoms with E-state index in [9.17, 15) is 9.59 Å². The van der Waals surface area contributed by atoms with E-state index >= 15 is 0 Å². The highest BCUT2D eigenvalue weighted by Gasteiger charge is 2.30. The SMILES string of the molecule is CNC(=O)C(Cc1ccccc1)N(Cc1cccc(Cl)c1)C(=O)COc1ccccc1OC. The minimum absolute atomic E-state index is 0.208. The maximum Gasteiger partial charge on any atom is 0.261 e. The molecule has 2 amide bonds. The zero-order chi connectivity index (χ0) is 23.6. The number of nitrogens with zero attached hydrogens (tertiary/aromatic N) is 1. The van der Waals surface area contributed by atoms with Crippen LogP contribution in [0.2, 0.25) is 5.02 Å². The van der Waals surface area contributed by atoms with Gasteiger partial charge in [0, 0.05) is 25.0 Å². The quantitative estimate of drug-likeness (QED) is 0.488. The summed E-state index contributed by atoms with van der Waals surface area (Å²) in [7, 11) is 3.10. The van der Waals surface area contributed by atoms with E-state index in [4.69, 9.17) is 21.1 Å². The summed E-state index contributed by atoms with van der Waals surface area (Å²) >= 11 is 6.16. The Bertz CT molecular complexity index is 1070. The fourth-order valence-corrected chi connectivity index (χ4v) is 3.73. The number of methoxy groups -OCH3 is 1. The molecule has 0 aliphatic rings. The molecule has 1 N–H and O–H groups in total. The van der Waals surface area contributed by atoms with Crippen LogP contribution in [0.15, 0.2) is 78.9 Å². The van der Waals surface area contributed by atoms with E-state index in [2.05, 4.69) is 5.32 Å². The van der Waals surface area contributed by atoms with Crippen LogP contribution in [0, 0.1) is 0 Å². The summed E-state index contributed by atoms with van der Waals surface area (Å²) in [5.41, 5.74) is 1.76. The van der Waals surface area contributed by atoms with E-state index < -0.39 is 6.04 Å². The second-order valence-corrected chi connectivity index (χ2v) is 7.85. The lowest BCUT2D eigenvalue weighted by Gasteiger charge is -2.31. The van der Waals surface area contributed by atoms with Gasteiger partial charge in [-0.1, -0.05) is 66.2 Å². The number of carbonyl (C=O) groups is 2. The number of para-hydroxylation sites is 2. The number of benzene rings is 3. The number of carbonyl (C=O) groups excluding carboxylic acids is 2. The maximum atomic E-state index is 13.4. The average Bonchev–Trinajstić information content (AvgIpc) is 2.85. The summed E-state index contributed by atoms with van der Waals surface area (Å²) < 4.78 is 11.1. The van der Waals surface area contributed by atoms with E-state index in [0.29, 0.717) is 22.9 Å². The maximum absolute atomic E-state index is 13.4. The molecule has 3 rings (SSSR count). The highest BCUT2D eigenvalue weighted by Crippen LogP contribution is 2.26. The van der Waals surface area contributed by atoms with E-state index in [1.54, 1.807) is 37.4 Å². The number of hydrogen-bond acceptors (Lipinski definition) is 4. The third-order valence-electron chi connectivity index (χ3n) is 5.18. The van der Waals surface area contributed by atoms with Crippen molar-refractivity contribution in [1.82, 2.24) is 10.2 Å². The van der Waals surface area contributed by atoms with Crippen molar-refractivity contribution < 1.29 is 19.1 Å². The second-order valence-electron chi connectivity index (χ2n) is 7.41. The Balaban J connectivity index is 1.88. The second kappa shape index (κ2) is 11.9. The zero-order valence-corrected chi connectivity index (χ0v) is 19.4. The Labute approximate surface area is 199 Å². The molecular formula is C26H27ClN2O4. The van der Waals surface area contributed by atoms with Crippen LogP contribution in [-0.4, -0.2) is 43.5 Å². The van der Waals surface area contributed by atoms with Crippen LogP contribution in [0.4, 0.5) is 0 Å². The van der Waals surface area contributed by atoms with Gasteiger partial charge in [-0.25, -0.2) is 0 Å². The monoisotopic (exact) mass is 466 g/mol. The molecule has 0 aliphatic carbocycles. The first kappa shape index (κ1) is 24.1. The van der Waals surface area contributed by atoms with Crippen molar-refractivity contribution in [3.63, 3.8) is 0 Å². The van der Waals surface area contributed by atoms with Gasteiger partial charge in [-0.05, 0) is 35.4 Å². The van der Waals surface area contributed by atoms with E-state index in [-0.39, 0.29) is 25.0 Å². The Kier molecular flexibility index (Phi) is 8.72. The van der Waals surface area contributed by atoms with Crippen LogP contribution in [0.5, 0.6) is 11.5 Å². The number of nitrogens with one attached hydrogen (secondary N) is 1. The number of amides is 2. The summed E-state index contributed by atoms with van der Waals surface area (Å²) in [6.07, 6.45) is 0.363. The molecule has 0 aromatic heterocycles. The van der Waals surface area contributed by atoms with Crippen molar-refractivity contribution in [3.8, 4) is 11.5 Å². The van der Waals surface area contributed by atoms with E-state index in [0.717, 1.165) is 11.1 Å². The Morgan fingerprint density at radius 1 is 0.939 bits per heavy atom. The number of likely N-dealkylation sites (N-methyl/N-ethyl adjacent to an activating group) is 1. The molecule has 0 bridgehead atoms. The minimum atomic E-state index is -0.731. The van der Waals surface area contributed by atoms with Crippen molar-refractivity contribution in [2.45, 2.75) is 19.0 Å². The van der Waals surface area contributed by atoms with Crippen molar-refractivity contribution in [2.75, 3.05) is 20.8 Å². The van der Waals surface area contributed by atoms with Crippen molar-refractivity contribution in [3.05, 3.63) is 95.0 Å². The van der Waals surface area contributed by atoms with Gasteiger partial charge in [0.05, 0.1) is 7.11 Å². The molecule has 6 nitrogen and oxygen atoms in total. The molecule has 0 fully saturated rings. The summed E-state index contributed by atoms with van der Waals surface area (Å²) in [5.74, 6) is 0.395. The number of hydrogen-bond donors (Lipinski definition) is 1. The molecule has 1 unspecified atom stereocenters. The molecule has 0 saturated heterocycles.